The SMILES string of the molecule is CCC(C)(NC(=O)Nc1ccccc1F)/C(N)=N/O. The van der Waals surface area contributed by atoms with Gasteiger partial charge in [0.25, 0.3) is 0 Å². The first kappa shape index (κ1) is 14.7. The van der Waals surface area contributed by atoms with E-state index in [1.807, 2.05) is 0 Å². The third-order valence-corrected chi connectivity index (χ3v) is 2.89. The number of amides is 2. The number of benzene rings is 1. The van der Waals surface area contributed by atoms with Crippen LogP contribution in [0.15, 0.2) is 29.4 Å². The summed E-state index contributed by atoms with van der Waals surface area (Å²) in [7, 11) is 0. The van der Waals surface area contributed by atoms with E-state index in [9.17, 15) is 9.18 Å². The highest BCUT2D eigenvalue weighted by molar-refractivity contribution is 5.97. The van der Waals surface area contributed by atoms with Gasteiger partial charge < -0.3 is 21.6 Å². The summed E-state index contributed by atoms with van der Waals surface area (Å²) in [5.74, 6) is -0.668. The Hall–Kier alpha value is -2.31. The first-order chi connectivity index (χ1) is 8.92. The molecule has 0 aliphatic rings. The topological polar surface area (TPSA) is 99.7 Å². The van der Waals surface area contributed by atoms with Crippen LogP contribution in [0, 0.1) is 5.82 Å². The number of amidine groups is 1. The number of carbonyl (C=O) groups excluding carboxylic acids is 1. The molecule has 0 fully saturated rings. The van der Waals surface area contributed by atoms with Gasteiger partial charge >= 0.3 is 6.03 Å². The third kappa shape index (κ3) is 3.57. The van der Waals surface area contributed by atoms with Crippen LogP contribution in [0.4, 0.5) is 14.9 Å². The van der Waals surface area contributed by atoms with Crippen LogP contribution >= 0.6 is 0 Å². The minimum Gasteiger partial charge on any atom is -0.409 e. The van der Waals surface area contributed by atoms with Gasteiger partial charge in [-0.25, -0.2) is 9.18 Å². The lowest BCUT2D eigenvalue weighted by atomic mass is 9.98. The minimum absolute atomic E-state index is 0.0537. The maximum atomic E-state index is 13.4. The summed E-state index contributed by atoms with van der Waals surface area (Å²) in [5, 5.41) is 16.5. The second kappa shape index (κ2) is 6.03. The Balaban J connectivity index is 2.78. The number of urea groups is 1. The van der Waals surface area contributed by atoms with E-state index in [4.69, 9.17) is 10.9 Å². The van der Waals surface area contributed by atoms with Crippen LogP contribution in [-0.4, -0.2) is 22.6 Å². The van der Waals surface area contributed by atoms with Gasteiger partial charge in [-0.2, -0.15) is 0 Å². The van der Waals surface area contributed by atoms with Crippen LogP contribution in [0.5, 0.6) is 0 Å². The highest BCUT2D eigenvalue weighted by Crippen LogP contribution is 2.14. The smallest absolute Gasteiger partial charge is 0.320 e. The first-order valence-corrected chi connectivity index (χ1v) is 5.74. The van der Waals surface area contributed by atoms with Crippen molar-refractivity contribution in [2.45, 2.75) is 25.8 Å². The first-order valence-electron chi connectivity index (χ1n) is 5.74. The van der Waals surface area contributed by atoms with E-state index < -0.39 is 17.4 Å². The van der Waals surface area contributed by atoms with Gasteiger partial charge in [0.05, 0.1) is 11.2 Å². The van der Waals surface area contributed by atoms with Crippen LogP contribution < -0.4 is 16.4 Å². The molecule has 2 amide bonds. The van der Waals surface area contributed by atoms with Crippen molar-refractivity contribution in [2.24, 2.45) is 10.9 Å². The van der Waals surface area contributed by atoms with Crippen molar-refractivity contribution in [1.29, 1.82) is 0 Å². The van der Waals surface area contributed by atoms with Gasteiger partial charge in [-0.1, -0.05) is 24.2 Å². The van der Waals surface area contributed by atoms with Crippen molar-refractivity contribution in [1.82, 2.24) is 5.32 Å². The van der Waals surface area contributed by atoms with E-state index in [0.29, 0.717) is 6.42 Å². The zero-order valence-corrected chi connectivity index (χ0v) is 10.8. The Morgan fingerprint density at radius 3 is 2.68 bits per heavy atom. The Kier molecular flexibility index (Phi) is 4.68. The van der Waals surface area contributed by atoms with Gasteiger partial charge in [0.15, 0.2) is 5.84 Å². The van der Waals surface area contributed by atoms with Crippen LogP contribution in [0.25, 0.3) is 0 Å². The van der Waals surface area contributed by atoms with Gasteiger partial charge in [0, 0.05) is 0 Å². The number of hydrogen-bond acceptors (Lipinski definition) is 3. The fraction of sp³-hybridized carbons (Fsp3) is 0.333. The molecule has 0 saturated heterocycles. The molecule has 0 spiro atoms. The molecular formula is C12H17FN4O2. The average Bonchev–Trinajstić information content (AvgIpc) is 2.40. The van der Waals surface area contributed by atoms with E-state index in [-0.39, 0.29) is 11.5 Å². The molecule has 0 aliphatic carbocycles. The second-order valence-electron chi connectivity index (χ2n) is 4.23. The zero-order valence-electron chi connectivity index (χ0n) is 10.8. The molecule has 1 aromatic carbocycles. The Labute approximate surface area is 110 Å². The van der Waals surface area contributed by atoms with Crippen LogP contribution in [-0.2, 0) is 0 Å². The van der Waals surface area contributed by atoms with Crippen molar-refractivity contribution in [3.63, 3.8) is 0 Å². The molecule has 0 saturated carbocycles. The van der Waals surface area contributed by atoms with Crippen molar-refractivity contribution >= 4 is 17.6 Å². The number of nitrogens with two attached hydrogens (primary N) is 1. The Bertz CT molecular complexity index is 492. The van der Waals surface area contributed by atoms with Crippen molar-refractivity contribution in [3.8, 4) is 0 Å². The number of nitrogens with zero attached hydrogens (tertiary/aromatic N) is 1. The van der Waals surface area contributed by atoms with E-state index in [0.717, 1.165) is 0 Å². The average molecular weight is 268 g/mol. The molecule has 0 bridgehead atoms. The molecule has 1 atom stereocenters. The molecular weight excluding hydrogens is 251 g/mol. The molecule has 19 heavy (non-hydrogen) atoms. The van der Waals surface area contributed by atoms with Gasteiger partial charge in [-0.05, 0) is 25.5 Å². The Morgan fingerprint density at radius 1 is 1.53 bits per heavy atom. The van der Waals surface area contributed by atoms with Gasteiger partial charge in [0.2, 0.25) is 0 Å². The monoisotopic (exact) mass is 268 g/mol. The molecule has 0 radical (unpaired) electrons. The van der Waals surface area contributed by atoms with Crippen LogP contribution in [0.2, 0.25) is 0 Å². The summed E-state index contributed by atoms with van der Waals surface area (Å²) in [6.07, 6.45) is 0.410. The number of oxime groups is 1. The summed E-state index contributed by atoms with van der Waals surface area (Å²) in [6, 6.07) is 5.15. The maximum absolute atomic E-state index is 13.4. The summed E-state index contributed by atoms with van der Waals surface area (Å²) in [5.41, 5.74) is 4.56. The lowest BCUT2D eigenvalue weighted by molar-refractivity contribution is 0.244. The number of halogens is 1. The zero-order chi connectivity index (χ0) is 14.5. The second-order valence-corrected chi connectivity index (χ2v) is 4.23. The minimum atomic E-state index is -1.01. The molecule has 5 N–H and O–H groups in total. The number of rotatable bonds is 4. The number of nitrogens with one attached hydrogen (secondary N) is 2. The summed E-state index contributed by atoms with van der Waals surface area (Å²) < 4.78 is 13.4. The quantitative estimate of drug-likeness (QED) is 0.290. The van der Waals surface area contributed by atoms with E-state index >= 15 is 0 Å². The number of anilines is 1. The van der Waals surface area contributed by atoms with E-state index in [1.54, 1.807) is 19.9 Å². The van der Waals surface area contributed by atoms with Gasteiger partial charge in [-0.3, -0.25) is 0 Å². The van der Waals surface area contributed by atoms with Crippen molar-refractivity contribution in [3.05, 3.63) is 30.1 Å². The third-order valence-electron chi connectivity index (χ3n) is 2.89. The summed E-state index contributed by atoms with van der Waals surface area (Å²) in [6.45, 7) is 3.37. The van der Waals surface area contributed by atoms with Crippen molar-refractivity contribution < 1.29 is 14.4 Å². The molecule has 1 unspecified atom stereocenters. The molecule has 0 aromatic heterocycles. The molecule has 7 heteroatoms. The van der Waals surface area contributed by atoms with E-state index in [2.05, 4.69) is 15.8 Å². The Morgan fingerprint density at radius 2 is 2.16 bits per heavy atom. The number of hydrogen-bond donors (Lipinski definition) is 4. The summed E-state index contributed by atoms with van der Waals surface area (Å²) >= 11 is 0. The molecule has 0 aliphatic heterocycles. The van der Waals surface area contributed by atoms with E-state index in [1.165, 1.54) is 18.2 Å². The lowest BCUT2D eigenvalue weighted by Gasteiger charge is -2.28. The fourth-order valence-corrected chi connectivity index (χ4v) is 1.41. The molecule has 0 heterocycles. The van der Waals surface area contributed by atoms with Crippen molar-refractivity contribution in [2.75, 3.05) is 5.32 Å². The molecule has 104 valence electrons. The largest absolute Gasteiger partial charge is 0.409 e. The number of para-hydroxylation sites is 1. The highest BCUT2D eigenvalue weighted by Gasteiger charge is 2.29. The summed E-state index contributed by atoms with van der Waals surface area (Å²) in [4.78, 5) is 11.8. The predicted molar refractivity (Wildman–Crippen MR) is 70.7 cm³/mol. The predicted octanol–water partition coefficient (Wildman–Crippen LogP) is 1.86. The molecule has 1 aromatic rings. The van der Waals surface area contributed by atoms with Gasteiger partial charge in [0.1, 0.15) is 5.82 Å². The van der Waals surface area contributed by atoms with Gasteiger partial charge in [-0.15, -0.1) is 0 Å². The number of carbonyl (C=O) groups is 1. The maximum Gasteiger partial charge on any atom is 0.320 e. The molecule has 1 rings (SSSR count). The normalized spacial score (nSPS) is 14.6. The highest BCUT2D eigenvalue weighted by atomic mass is 19.1. The van der Waals surface area contributed by atoms with Crippen LogP contribution in [0.1, 0.15) is 20.3 Å². The molecule has 6 nitrogen and oxygen atoms in total. The van der Waals surface area contributed by atoms with Crippen LogP contribution in [0.3, 0.4) is 0 Å². The fourth-order valence-electron chi connectivity index (χ4n) is 1.41. The lowest BCUT2D eigenvalue weighted by Crippen LogP contribution is -2.56. The standard InChI is InChI=1S/C12H17FN4O2/c1-3-12(2,10(14)17-19)16-11(18)15-9-7-5-4-6-8(9)13/h4-7,19H,3H2,1-2H3,(H2,14,17)(H2,15,16,18).